The van der Waals surface area contributed by atoms with Crippen LogP contribution in [0.1, 0.15) is 36.8 Å². The van der Waals surface area contributed by atoms with Gasteiger partial charge in [-0.15, -0.1) is 0 Å². The molecule has 2 heterocycles. The highest BCUT2D eigenvalue weighted by molar-refractivity contribution is 8.00. The highest BCUT2D eigenvalue weighted by atomic mass is 32.2. The average molecular weight is 252 g/mol. The monoisotopic (exact) mass is 252 g/mol. The van der Waals surface area contributed by atoms with Crippen LogP contribution in [0.3, 0.4) is 0 Å². The van der Waals surface area contributed by atoms with E-state index in [4.69, 9.17) is 0 Å². The molecule has 2 atom stereocenters. The predicted molar refractivity (Wildman–Crippen MR) is 68.7 cm³/mol. The largest absolute Gasteiger partial charge is 0.385 e. The van der Waals surface area contributed by atoms with Crippen molar-refractivity contribution in [3.8, 4) is 0 Å². The second kappa shape index (κ2) is 3.99. The smallest absolute Gasteiger partial charge is 0.126 e. The van der Waals surface area contributed by atoms with E-state index in [0.29, 0.717) is 16.1 Å². The van der Waals surface area contributed by atoms with Crippen molar-refractivity contribution in [2.24, 2.45) is 0 Å². The summed E-state index contributed by atoms with van der Waals surface area (Å²) in [5.41, 5.74) is 0.606. The first kappa shape index (κ1) is 11.5. The first-order valence-corrected chi connectivity index (χ1v) is 7.15. The van der Waals surface area contributed by atoms with Crippen molar-refractivity contribution in [2.45, 2.75) is 48.7 Å². The third-order valence-electron chi connectivity index (χ3n) is 4.04. The molecular weight excluding hydrogens is 235 g/mol. The molecule has 1 nitrogen and oxygen atoms in total. The number of benzene rings is 1. The van der Waals surface area contributed by atoms with Crippen LogP contribution in [0, 0.1) is 12.7 Å². The molecule has 1 aromatic rings. The Morgan fingerprint density at radius 3 is 2.53 bits per heavy atom. The molecule has 0 amide bonds. The minimum atomic E-state index is -0.800. The fourth-order valence-electron chi connectivity index (χ4n) is 3.04. The maximum absolute atomic E-state index is 13.6. The van der Waals surface area contributed by atoms with Crippen LogP contribution < -0.4 is 0 Å². The maximum atomic E-state index is 13.6. The number of fused-ring (bicyclic) bond motifs is 2. The summed E-state index contributed by atoms with van der Waals surface area (Å²) in [6.45, 7) is 1.75. The molecule has 2 bridgehead atoms. The lowest BCUT2D eigenvalue weighted by Gasteiger charge is -2.36. The molecular formula is C14H17FOS. The molecule has 2 saturated heterocycles. The van der Waals surface area contributed by atoms with Gasteiger partial charge in [-0.2, -0.15) is 11.8 Å². The fourth-order valence-corrected chi connectivity index (χ4v) is 4.87. The standard InChI is InChI=1S/C14H17FOS/c1-9-2-3-10(6-13(9)15)14(16)7-11-4-5-12(8-14)17-11/h2-3,6,11-12,16H,4-5,7-8H2,1H3. The zero-order valence-electron chi connectivity index (χ0n) is 9.95. The topological polar surface area (TPSA) is 20.2 Å². The number of hydrogen-bond donors (Lipinski definition) is 1. The zero-order valence-corrected chi connectivity index (χ0v) is 10.8. The van der Waals surface area contributed by atoms with E-state index in [0.717, 1.165) is 18.4 Å². The molecule has 2 unspecified atom stereocenters. The Bertz CT molecular complexity index is 434. The van der Waals surface area contributed by atoms with Crippen molar-refractivity contribution in [3.05, 3.63) is 35.1 Å². The molecule has 0 radical (unpaired) electrons. The van der Waals surface area contributed by atoms with Crippen molar-refractivity contribution in [3.63, 3.8) is 0 Å². The maximum Gasteiger partial charge on any atom is 0.126 e. The average Bonchev–Trinajstić information content (AvgIpc) is 2.62. The SMILES string of the molecule is Cc1ccc(C2(O)CC3CCC(C2)S3)cc1F. The van der Waals surface area contributed by atoms with Gasteiger partial charge in [-0.25, -0.2) is 4.39 Å². The van der Waals surface area contributed by atoms with Crippen LogP contribution in [-0.2, 0) is 5.60 Å². The highest BCUT2D eigenvalue weighted by Gasteiger charge is 2.44. The number of aliphatic hydroxyl groups is 1. The van der Waals surface area contributed by atoms with Crippen LogP contribution in [0.2, 0.25) is 0 Å². The Balaban J connectivity index is 1.94. The third-order valence-corrected chi connectivity index (χ3v) is 5.61. The summed E-state index contributed by atoms with van der Waals surface area (Å²) in [6, 6.07) is 5.17. The molecule has 92 valence electrons. The molecule has 17 heavy (non-hydrogen) atoms. The summed E-state index contributed by atoms with van der Waals surface area (Å²) in [5.74, 6) is -0.207. The summed E-state index contributed by atoms with van der Waals surface area (Å²) < 4.78 is 13.6. The first-order valence-electron chi connectivity index (χ1n) is 6.21. The molecule has 1 aromatic carbocycles. The fraction of sp³-hybridized carbons (Fsp3) is 0.571. The second-order valence-corrected chi connectivity index (χ2v) is 6.97. The van der Waals surface area contributed by atoms with E-state index in [1.54, 1.807) is 13.0 Å². The lowest BCUT2D eigenvalue weighted by molar-refractivity contribution is 0.0193. The van der Waals surface area contributed by atoms with Gasteiger partial charge < -0.3 is 5.11 Å². The molecule has 0 spiro atoms. The summed E-state index contributed by atoms with van der Waals surface area (Å²) in [5, 5.41) is 11.9. The van der Waals surface area contributed by atoms with Gasteiger partial charge in [0, 0.05) is 10.5 Å². The van der Waals surface area contributed by atoms with Crippen molar-refractivity contribution >= 4 is 11.8 Å². The van der Waals surface area contributed by atoms with Gasteiger partial charge in [-0.3, -0.25) is 0 Å². The van der Waals surface area contributed by atoms with Crippen LogP contribution in [0.4, 0.5) is 4.39 Å². The number of aryl methyl sites for hydroxylation is 1. The van der Waals surface area contributed by atoms with E-state index >= 15 is 0 Å². The minimum absolute atomic E-state index is 0.207. The molecule has 0 aromatic heterocycles. The van der Waals surface area contributed by atoms with Gasteiger partial charge in [0.25, 0.3) is 0 Å². The van der Waals surface area contributed by atoms with Crippen LogP contribution >= 0.6 is 11.8 Å². The molecule has 2 fully saturated rings. The van der Waals surface area contributed by atoms with Crippen LogP contribution in [0.15, 0.2) is 18.2 Å². The normalized spacial score (nSPS) is 36.2. The summed E-state index contributed by atoms with van der Waals surface area (Å²) in [6.07, 6.45) is 3.95. The zero-order chi connectivity index (χ0) is 12.0. The van der Waals surface area contributed by atoms with E-state index in [1.807, 2.05) is 17.8 Å². The summed E-state index contributed by atoms with van der Waals surface area (Å²) in [7, 11) is 0. The molecule has 2 aliphatic heterocycles. The van der Waals surface area contributed by atoms with Gasteiger partial charge in [0.2, 0.25) is 0 Å². The van der Waals surface area contributed by atoms with E-state index < -0.39 is 5.60 Å². The van der Waals surface area contributed by atoms with Crippen LogP contribution in [0.25, 0.3) is 0 Å². The quantitative estimate of drug-likeness (QED) is 0.827. The second-order valence-electron chi connectivity index (χ2n) is 5.36. The minimum Gasteiger partial charge on any atom is -0.385 e. The Kier molecular flexibility index (Phi) is 2.71. The predicted octanol–water partition coefficient (Wildman–Crippen LogP) is 3.38. The lowest BCUT2D eigenvalue weighted by atomic mass is 9.85. The number of rotatable bonds is 1. The van der Waals surface area contributed by atoms with Gasteiger partial charge in [0.05, 0.1) is 5.60 Å². The van der Waals surface area contributed by atoms with Crippen LogP contribution in [-0.4, -0.2) is 15.6 Å². The van der Waals surface area contributed by atoms with Gasteiger partial charge in [-0.1, -0.05) is 12.1 Å². The van der Waals surface area contributed by atoms with Gasteiger partial charge in [-0.05, 0) is 49.8 Å². The van der Waals surface area contributed by atoms with E-state index in [9.17, 15) is 9.50 Å². The molecule has 3 heteroatoms. The Hall–Kier alpha value is -0.540. The van der Waals surface area contributed by atoms with E-state index in [1.165, 1.54) is 18.9 Å². The molecule has 0 saturated carbocycles. The first-order chi connectivity index (χ1) is 8.07. The number of thioether (sulfide) groups is 1. The molecule has 2 aliphatic rings. The molecule has 1 N–H and O–H groups in total. The van der Waals surface area contributed by atoms with Crippen LogP contribution in [0.5, 0.6) is 0 Å². The van der Waals surface area contributed by atoms with E-state index in [2.05, 4.69) is 0 Å². The van der Waals surface area contributed by atoms with Crippen molar-refractivity contribution in [1.82, 2.24) is 0 Å². The van der Waals surface area contributed by atoms with Gasteiger partial charge in [0.1, 0.15) is 5.82 Å². The van der Waals surface area contributed by atoms with Crippen molar-refractivity contribution in [1.29, 1.82) is 0 Å². The van der Waals surface area contributed by atoms with Crippen molar-refractivity contribution in [2.75, 3.05) is 0 Å². The van der Waals surface area contributed by atoms with Gasteiger partial charge in [0.15, 0.2) is 0 Å². The number of halogens is 1. The Labute approximate surface area is 105 Å². The Morgan fingerprint density at radius 2 is 1.94 bits per heavy atom. The summed E-state index contributed by atoms with van der Waals surface area (Å²) in [4.78, 5) is 0. The van der Waals surface area contributed by atoms with Gasteiger partial charge >= 0.3 is 0 Å². The molecule has 3 rings (SSSR count). The summed E-state index contributed by atoms with van der Waals surface area (Å²) >= 11 is 2.00. The van der Waals surface area contributed by atoms with Crippen molar-refractivity contribution < 1.29 is 9.50 Å². The third kappa shape index (κ3) is 2.00. The number of hydrogen-bond acceptors (Lipinski definition) is 2. The Morgan fingerprint density at radius 1 is 1.29 bits per heavy atom. The van der Waals surface area contributed by atoms with E-state index in [-0.39, 0.29) is 5.82 Å². The lowest BCUT2D eigenvalue weighted by Crippen LogP contribution is -2.34. The highest BCUT2D eigenvalue weighted by Crippen LogP contribution is 2.51. The molecule has 0 aliphatic carbocycles.